The molecule has 2 aliphatic heterocycles. The molecule has 3 heterocycles. The van der Waals surface area contributed by atoms with Crippen LogP contribution in [-0.2, 0) is 16.1 Å². The van der Waals surface area contributed by atoms with Gasteiger partial charge in [0.2, 0.25) is 0 Å². The Balaban J connectivity index is 1.83. The maximum atomic E-state index is 11.9. The first-order valence-corrected chi connectivity index (χ1v) is 7.99. The van der Waals surface area contributed by atoms with E-state index >= 15 is 0 Å². The molecule has 0 aliphatic carbocycles. The lowest BCUT2D eigenvalue weighted by molar-refractivity contribution is -0.143. The molecular formula is C16H25N3O2. The highest BCUT2D eigenvalue weighted by molar-refractivity contribution is 5.77. The summed E-state index contributed by atoms with van der Waals surface area (Å²) in [5.41, 5.74) is 1.05. The summed E-state index contributed by atoms with van der Waals surface area (Å²) in [7, 11) is 1.47. The minimum Gasteiger partial charge on any atom is -0.469 e. The average molecular weight is 291 g/mol. The standard InChI is InChI=1S/C16H25N3O2/c1-11(2)18-8-6-12(10-18)15-17-9-14-13(16(20)21-3)5-4-7-19(14)15/h9,11-13H,4-8,10H2,1-3H3. The number of methoxy groups -OCH3 is 1. The number of likely N-dealkylation sites (tertiary alicyclic amines) is 1. The molecule has 1 saturated heterocycles. The topological polar surface area (TPSA) is 47.4 Å². The fraction of sp³-hybridized carbons (Fsp3) is 0.750. The minimum absolute atomic E-state index is 0.127. The van der Waals surface area contributed by atoms with Gasteiger partial charge in [0.15, 0.2) is 0 Å². The summed E-state index contributed by atoms with van der Waals surface area (Å²) < 4.78 is 7.22. The monoisotopic (exact) mass is 291 g/mol. The normalized spacial score (nSPS) is 26.1. The van der Waals surface area contributed by atoms with Crippen LogP contribution in [0.3, 0.4) is 0 Å². The summed E-state index contributed by atoms with van der Waals surface area (Å²) in [5, 5.41) is 0. The van der Waals surface area contributed by atoms with Gasteiger partial charge in [-0.15, -0.1) is 0 Å². The molecule has 0 aromatic carbocycles. The van der Waals surface area contributed by atoms with Crippen molar-refractivity contribution in [1.29, 1.82) is 0 Å². The summed E-state index contributed by atoms with van der Waals surface area (Å²) in [6.07, 6.45) is 4.96. The number of nitrogens with zero attached hydrogens (tertiary/aromatic N) is 3. The maximum Gasteiger partial charge on any atom is 0.314 e. The van der Waals surface area contributed by atoms with Crippen LogP contribution in [0.4, 0.5) is 0 Å². The largest absolute Gasteiger partial charge is 0.469 e. The molecule has 1 aromatic rings. The van der Waals surface area contributed by atoms with Crippen LogP contribution in [0.5, 0.6) is 0 Å². The highest BCUT2D eigenvalue weighted by Crippen LogP contribution is 2.34. The van der Waals surface area contributed by atoms with Crippen molar-refractivity contribution < 1.29 is 9.53 Å². The number of hydrogen-bond acceptors (Lipinski definition) is 4. The maximum absolute atomic E-state index is 11.9. The Morgan fingerprint density at radius 3 is 2.86 bits per heavy atom. The number of aromatic nitrogens is 2. The smallest absolute Gasteiger partial charge is 0.314 e. The lowest BCUT2D eigenvalue weighted by Crippen LogP contribution is -2.28. The number of ether oxygens (including phenoxy) is 1. The summed E-state index contributed by atoms with van der Waals surface area (Å²) >= 11 is 0. The zero-order valence-corrected chi connectivity index (χ0v) is 13.2. The second kappa shape index (κ2) is 5.79. The summed E-state index contributed by atoms with van der Waals surface area (Å²) in [5.74, 6) is 1.41. The molecule has 2 unspecified atom stereocenters. The van der Waals surface area contributed by atoms with Crippen LogP contribution in [0, 0.1) is 0 Å². The van der Waals surface area contributed by atoms with Crippen LogP contribution in [-0.4, -0.2) is 46.7 Å². The van der Waals surface area contributed by atoms with Crippen molar-refractivity contribution in [2.24, 2.45) is 0 Å². The molecule has 0 amide bonds. The second-order valence-corrected chi connectivity index (χ2v) is 6.49. The highest BCUT2D eigenvalue weighted by atomic mass is 16.5. The molecule has 116 valence electrons. The fourth-order valence-electron chi connectivity index (χ4n) is 3.70. The second-order valence-electron chi connectivity index (χ2n) is 6.49. The van der Waals surface area contributed by atoms with Gasteiger partial charge in [-0.25, -0.2) is 4.98 Å². The SMILES string of the molecule is COC(=O)C1CCCn2c1cnc2C1CCN(C(C)C)C1. The van der Waals surface area contributed by atoms with Crippen LogP contribution in [0.15, 0.2) is 6.20 Å². The number of carbonyl (C=O) groups excluding carboxylic acids is 1. The van der Waals surface area contributed by atoms with Gasteiger partial charge >= 0.3 is 5.97 Å². The Kier molecular flexibility index (Phi) is 4.02. The Hall–Kier alpha value is -1.36. The van der Waals surface area contributed by atoms with Crippen molar-refractivity contribution in [3.63, 3.8) is 0 Å². The van der Waals surface area contributed by atoms with E-state index in [9.17, 15) is 4.79 Å². The highest BCUT2D eigenvalue weighted by Gasteiger charge is 2.34. The molecule has 2 atom stereocenters. The van der Waals surface area contributed by atoms with Crippen LogP contribution < -0.4 is 0 Å². The minimum atomic E-state index is -0.132. The van der Waals surface area contributed by atoms with Gasteiger partial charge in [0.05, 0.1) is 18.7 Å². The molecule has 0 bridgehead atoms. The van der Waals surface area contributed by atoms with E-state index < -0.39 is 0 Å². The molecule has 3 rings (SSSR count). The molecule has 0 N–H and O–H groups in total. The van der Waals surface area contributed by atoms with Crippen LogP contribution in [0.2, 0.25) is 0 Å². The molecule has 0 saturated carbocycles. The molecular weight excluding hydrogens is 266 g/mol. The van der Waals surface area contributed by atoms with E-state index in [1.807, 2.05) is 6.20 Å². The molecule has 2 aliphatic rings. The van der Waals surface area contributed by atoms with E-state index in [0.29, 0.717) is 12.0 Å². The summed E-state index contributed by atoms with van der Waals surface area (Å²) in [4.78, 5) is 19.1. The Morgan fingerprint density at radius 2 is 2.19 bits per heavy atom. The van der Waals surface area contributed by atoms with Gasteiger partial charge in [0.25, 0.3) is 0 Å². The zero-order valence-electron chi connectivity index (χ0n) is 13.2. The number of carbonyl (C=O) groups is 1. The van der Waals surface area contributed by atoms with Gasteiger partial charge in [0.1, 0.15) is 5.82 Å². The number of fused-ring (bicyclic) bond motifs is 1. The first-order chi connectivity index (χ1) is 10.1. The Bertz CT molecular complexity index is 524. The van der Waals surface area contributed by atoms with Gasteiger partial charge in [-0.3, -0.25) is 4.79 Å². The van der Waals surface area contributed by atoms with Gasteiger partial charge in [-0.05, 0) is 39.7 Å². The van der Waals surface area contributed by atoms with Crippen molar-refractivity contribution >= 4 is 5.97 Å². The first kappa shape index (κ1) is 14.6. The van der Waals surface area contributed by atoms with Gasteiger partial charge in [0, 0.05) is 31.2 Å². The number of rotatable bonds is 3. The van der Waals surface area contributed by atoms with Crippen molar-refractivity contribution in [2.75, 3.05) is 20.2 Å². The molecule has 5 nitrogen and oxygen atoms in total. The molecule has 5 heteroatoms. The zero-order chi connectivity index (χ0) is 15.0. The van der Waals surface area contributed by atoms with Gasteiger partial charge < -0.3 is 14.2 Å². The molecule has 21 heavy (non-hydrogen) atoms. The van der Waals surface area contributed by atoms with Gasteiger partial charge in [-0.1, -0.05) is 0 Å². The molecule has 1 fully saturated rings. The Labute approximate surface area is 126 Å². The average Bonchev–Trinajstić information content (AvgIpc) is 3.12. The molecule has 1 aromatic heterocycles. The lowest BCUT2D eigenvalue weighted by Gasteiger charge is -2.25. The number of hydrogen-bond donors (Lipinski definition) is 0. The van der Waals surface area contributed by atoms with E-state index in [2.05, 4.69) is 28.3 Å². The van der Waals surface area contributed by atoms with Crippen LogP contribution in [0.1, 0.15) is 56.5 Å². The molecule has 0 radical (unpaired) electrons. The number of imidazole rings is 1. The van der Waals surface area contributed by atoms with Gasteiger partial charge in [-0.2, -0.15) is 0 Å². The van der Waals surface area contributed by atoms with Crippen molar-refractivity contribution in [3.05, 3.63) is 17.7 Å². The van der Waals surface area contributed by atoms with Crippen LogP contribution >= 0.6 is 0 Å². The Morgan fingerprint density at radius 1 is 1.38 bits per heavy atom. The number of esters is 1. The van der Waals surface area contributed by atoms with Crippen molar-refractivity contribution in [1.82, 2.24) is 14.5 Å². The predicted octanol–water partition coefficient (Wildman–Crippen LogP) is 2.13. The predicted molar refractivity (Wildman–Crippen MR) is 80.3 cm³/mol. The fourth-order valence-corrected chi connectivity index (χ4v) is 3.70. The summed E-state index contributed by atoms with van der Waals surface area (Å²) in [6, 6.07) is 0.591. The van der Waals surface area contributed by atoms with E-state index in [1.54, 1.807) is 0 Å². The summed E-state index contributed by atoms with van der Waals surface area (Å²) in [6.45, 7) is 7.70. The first-order valence-electron chi connectivity index (χ1n) is 7.99. The third kappa shape index (κ3) is 2.59. The van der Waals surface area contributed by atoms with E-state index in [-0.39, 0.29) is 11.9 Å². The van der Waals surface area contributed by atoms with Crippen molar-refractivity contribution in [3.8, 4) is 0 Å². The lowest BCUT2D eigenvalue weighted by atomic mass is 9.96. The van der Waals surface area contributed by atoms with E-state index in [1.165, 1.54) is 12.9 Å². The third-order valence-corrected chi connectivity index (χ3v) is 4.95. The third-order valence-electron chi connectivity index (χ3n) is 4.95. The van der Waals surface area contributed by atoms with Crippen molar-refractivity contribution in [2.45, 2.75) is 57.5 Å². The van der Waals surface area contributed by atoms with E-state index in [4.69, 9.17) is 4.74 Å². The molecule has 0 spiro atoms. The quantitative estimate of drug-likeness (QED) is 0.801. The van der Waals surface area contributed by atoms with Crippen LogP contribution in [0.25, 0.3) is 0 Å². The van der Waals surface area contributed by atoms with E-state index in [0.717, 1.165) is 44.6 Å².